The Balaban J connectivity index is 1.28. The van der Waals surface area contributed by atoms with Crippen LogP contribution in [0.2, 0.25) is 0 Å². The lowest BCUT2D eigenvalue weighted by Gasteiger charge is -2.60. The highest BCUT2D eigenvalue weighted by Crippen LogP contribution is 2.67. The zero-order valence-electron chi connectivity index (χ0n) is 25.0. The minimum absolute atomic E-state index is 0.0862. The van der Waals surface area contributed by atoms with Gasteiger partial charge in [-0.05, 0) is 124 Å². The molecular formula is C34H53NO3. The molecular weight excluding hydrogens is 470 g/mol. The van der Waals surface area contributed by atoms with Gasteiger partial charge in [0.05, 0.1) is 12.7 Å². The highest BCUT2D eigenvalue weighted by Gasteiger charge is 2.61. The summed E-state index contributed by atoms with van der Waals surface area (Å²) in [6.07, 6.45) is 11.8. The molecule has 0 aliphatic heterocycles. The van der Waals surface area contributed by atoms with Crippen LogP contribution < -0.4 is 10.1 Å². The Bertz CT molecular complexity index is 988. The monoisotopic (exact) mass is 523 g/mol. The number of nitrogens with one attached hydrogen (secondary N) is 1. The Hall–Kier alpha value is -1.39. The number of ketones is 1. The normalized spacial score (nSPS) is 37.0. The van der Waals surface area contributed by atoms with Crippen LogP contribution in [0.25, 0.3) is 0 Å². The summed E-state index contributed by atoms with van der Waals surface area (Å²) in [5.74, 6) is 5.03. The quantitative estimate of drug-likeness (QED) is 0.363. The molecule has 0 bridgehead atoms. The maximum atomic E-state index is 12.3. The molecule has 0 radical (unpaired) electrons. The fourth-order valence-corrected chi connectivity index (χ4v) is 9.53. The van der Waals surface area contributed by atoms with E-state index in [1.54, 1.807) is 0 Å². The fourth-order valence-electron chi connectivity index (χ4n) is 9.53. The van der Waals surface area contributed by atoms with Gasteiger partial charge in [0, 0.05) is 30.9 Å². The molecule has 38 heavy (non-hydrogen) atoms. The van der Waals surface area contributed by atoms with Crippen LogP contribution in [0.4, 0.5) is 0 Å². The molecule has 7 atom stereocenters. The third-order valence-electron chi connectivity index (χ3n) is 11.7. The van der Waals surface area contributed by atoms with Crippen molar-refractivity contribution in [1.29, 1.82) is 0 Å². The van der Waals surface area contributed by atoms with E-state index in [1.807, 2.05) is 7.11 Å². The molecule has 0 saturated heterocycles. The second-order valence-electron chi connectivity index (χ2n) is 14.5. The predicted molar refractivity (Wildman–Crippen MR) is 154 cm³/mol. The number of carbonyl (C=O) groups is 1. The fraction of sp³-hybridized carbons (Fsp3) is 0.794. The number of Topliss-reactive ketones (excluding diaryl/α,β-unsaturated/α-hetero) is 1. The lowest BCUT2D eigenvalue weighted by Crippen LogP contribution is -2.55. The maximum Gasteiger partial charge on any atom is 0.133 e. The van der Waals surface area contributed by atoms with Crippen molar-refractivity contribution in [2.75, 3.05) is 20.3 Å². The highest BCUT2D eigenvalue weighted by atomic mass is 16.5. The molecule has 0 heterocycles. The van der Waals surface area contributed by atoms with Gasteiger partial charge < -0.3 is 14.8 Å². The molecule has 4 nitrogen and oxygen atoms in total. The van der Waals surface area contributed by atoms with E-state index in [0.717, 1.165) is 62.3 Å². The number of fused-ring (bicyclic) bond motifs is 5. The van der Waals surface area contributed by atoms with Crippen molar-refractivity contribution in [2.45, 2.75) is 110 Å². The maximum absolute atomic E-state index is 12.3. The van der Waals surface area contributed by atoms with E-state index >= 15 is 0 Å². The molecule has 0 spiro atoms. The SMILES string of the molecule is COC1CCC2C3CCC4CC(=O)CC[C@]4(C)C3CC[C@]12CCOc1cccc(C(C)(C)NCC(C)C)c1. The number of hydrogen-bond acceptors (Lipinski definition) is 4. The topological polar surface area (TPSA) is 47.6 Å². The minimum atomic E-state index is -0.0862. The lowest BCUT2D eigenvalue weighted by atomic mass is 9.44. The first kappa shape index (κ1) is 28.1. The average Bonchev–Trinajstić information content (AvgIpc) is 3.27. The Morgan fingerprint density at radius 3 is 2.66 bits per heavy atom. The van der Waals surface area contributed by atoms with Crippen LogP contribution in [0.1, 0.15) is 104 Å². The van der Waals surface area contributed by atoms with Crippen LogP contribution >= 0.6 is 0 Å². The van der Waals surface area contributed by atoms with Gasteiger partial charge in [-0.25, -0.2) is 0 Å². The van der Waals surface area contributed by atoms with E-state index in [0.29, 0.717) is 29.1 Å². The van der Waals surface area contributed by atoms with Crippen molar-refractivity contribution in [3.05, 3.63) is 29.8 Å². The van der Waals surface area contributed by atoms with Gasteiger partial charge in [-0.2, -0.15) is 0 Å². The second-order valence-corrected chi connectivity index (χ2v) is 14.5. The van der Waals surface area contributed by atoms with Crippen LogP contribution in [0.5, 0.6) is 5.75 Å². The molecule has 1 aromatic carbocycles. The van der Waals surface area contributed by atoms with E-state index in [9.17, 15) is 4.79 Å². The van der Waals surface area contributed by atoms with E-state index in [4.69, 9.17) is 9.47 Å². The van der Waals surface area contributed by atoms with Crippen LogP contribution in [0, 0.1) is 40.4 Å². The first-order chi connectivity index (χ1) is 18.1. The number of ether oxygens (including phenoxy) is 2. The largest absolute Gasteiger partial charge is 0.494 e. The molecule has 4 aliphatic carbocycles. The van der Waals surface area contributed by atoms with Gasteiger partial charge in [-0.15, -0.1) is 0 Å². The molecule has 4 heteroatoms. The molecule has 4 saturated carbocycles. The lowest BCUT2D eigenvalue weighted by molar-refractivity contribution is -0.148. The van der Waals surface area contributed by atoms with Crippen LogP contribution in [-0.4, -0.2) is 32.1 Å². The van der Waals surface area contributed by atoms with Gasteiger partial charge in [-0.3, -0.25) is 4.79 Å². The van der Waals surface area contributed by atoms with Gasteiger partial charge in [0.15, 0.2) is 0 Å². The standard InChI is InChI=1S/C34H53NO3/c1-23(2)22-35-32(3,4)24-8-7-9-27(21-24)38-19-18-34-17-15-29-28(30(34)12-13-31(34)37-6)11-10-25-20-26(36)14-16-33(25,29)5/h7-9,21,23,25,28-31,35H,10-20,22H2,1-6H3/t25?,28?,29?,30?,31?,33-,34+/m0/s1. The molecule has 0 amide bonds. The van der Waals surface area contributed by atoms with Gasteiger partial charge >= 0.3 is 0 Å². The third kappa shape index (κ3) is 5.09. The van der Waals surface area contributed by atoms with Crippen molar-refractivity contribution in [3.63, 3.8) is 0 Å². The Kier molecular flexibility index (Phi) is 8.06. The number of benzene rings is 1. The summed E-state index contributed by atoms with van der Waals surface area (Å²) in [4.78, 5) is 12.3. The van der Waals surface area contributed by atoms with Crippen LogP contribution in [-0.2, 0) is 15.1 Å². The molecule has 4 aliphatic rings. The van der Waals surface area contributed by atoms with Crippen LogP contribution in [0.3, 0.4) is 0 Å². The van der Waals surface area contributed by atoms with Gasteiger partial charge in [0.25, 0.3) is 0 Å². The molecule has 4 fully saturated rings. The summed E-state index contributed by atoms with van der Waals surface area (Å²) in [6.45, 7) is 13.3. The minimum Gasteiger partial charge on any atom is -0.494 e. The predicted octanol–water partition coefficient (Wildman–Crippen LogP) is 7.54. The van der Waals surface area contributed by atoms with E-state index in [1.165, 1.54) is 44.1 Å². The Morgan fingerprint density at radius 2 is 1.89 bits per heavy atom. The average molecular weight is 524 g/mol. The van der Waals surface area contributed by atoms with Crippen molar-refractivity contribution in [3.8, 4) is 5.75 Å². The summed E-state index contributed by atoms with van der Waals surface area (Å²) in [5, 5.41) is 3.71. The van der Waals surface area contributed by atoms with Crippen molar-refractivity contribution >= 4 is 5.78 Å². The summed E-state index contributed by atoms with van der Waals surface area (Å²) in [5.41, 5.74) is 1.79. The molecule has 1 N–H and O–H groups in total. The third-order valence-corrected chi connectivity index (χ3v) is 11.7. The van der Waals surface area contributed by atoms with Gasteiger partial charge in [0.1, 0.15) is 11.5 Å². The number of carbonyl (C=O) groups excluding carboxylic acids is 1. The Labute approximate surface area is 232 Å². The number of methoxy groups -OCH3 is 1. The first-order valence-corrected chi connectivity index (χ1v) is 15.6. The highest BCUT2D eigenvalue weighted by molar-refractivity contribution is 5.79. The van der Waals surface area contributed by atoms with E-state index < -0.39 is 0 Å². The second kappa shape index (κ2) is 10.9. The smallest absolute Gasteiger partial charge is 0.133 e. The summed E-state index contributed by atoms with van der Waals surface area (Å²) in [6, 6.07) is 8.69. The zero-order valence-corrected chi connectivity index (χ0v) is 25.0. The molecule has 1 aromatic rings. The number of rotatable bonds is 9. The van der Waals surface area contributed by atoms with E-state index in [2.05, 4.69) is 64.2 Å². The molecule has 212 valence electrons. The summed E-state index contributed by atoms with van der Waals surface area (Å²) < 4.78 is 12.7. The van der Waals surface area contributed by atoms with E-state index in [-0.39, 0.29) is 11.0 Å². The molecule has 5 unspecified atom stereocenters. The Morgan fingerprint density at radius 1 is 1.08 bits per heavy atom. The zero-order chi connectivity index (χ0) is 27.1. The van der Waals surface area contributed by atoms with Gasteiger partial charge in [-0.1, -0.05) is 32.9 Å². The van der Waals surface area contributed by atoms with Crippen LogP contribution in [0.15, 0.2) is 24.3 Å². The molecule has 0 aromatic heterocycles. The van der Waals surface area contributed by atoms with Gasteiger partial charge in [0.2, 0.25) is 0 Å². The van der Waals surface area contributed by atoms with Crippen molar-refractivity contribution < 1.29 is 14.3 Å². The first-order valence-electron chi connectivity index (χ1n) is 15.6. The van der Waals surface area contributed by atoms with Crippen molar-refractivity contribution in [1.82, 2.24) is 5.32 Å². The summed E-state index contributed by atoms with van der Waals surface area (Å²) >= 11 is 0. The van der Waals surface area contributed by atoms with Crippen molar-refractivity contribution in [2.24, 2.45) is 40.4 Å². The summed E-state index contributed by atoms with van der Waals surface area (Å²) in [7, 11) is 1.93. The number of hydrogen-bond donors (Lipinski definition) is 1. The molecule has 5 rings (SSSR count).